The van der Waals surface area contributed by atoms with Gasteiger partial charge in [0.15, 0.2) is 0 Å². The van der Waals surface area contributed by atoms with Crippen LogP contribution in [0, 0.1) is 11.3 Å². The summed E-state index contributed by atoms with van der Waals surface area (Å²) in [7, 11) is 1.61. The maximum Gasteiger partial charge on any atom is 0.127 e. The van der Waals surface area contributed by atoms with E-state index in [1.54, 1.807) is 13.2 Å². The van der Waals surface area contributed by atoms with Gasteiger partial charge in [-0.1, -0.05) is 6.07 Å². The van der Waals surface area contributed by atoms with Crippen LogP contribution in [0.3, 0.4) is 0 Å². The Morgan fingerprint density at radius 2 is 2.21 bits per heavy atom. The van der Waals surface area contributed by atoms with Gasteiger partial charge in [-0.2, -0.15) is 5.26 Å². The van der Waals surface area contributed by atoms with Crippen LogP contribution in [0.2, 0.25) is 0 Å². The fourth-order valence-electron chi connectivity index (χ4n) is 1.18. The van der Waals surface area contributed by atoms with E-state index in [1.165, 1.54) is 0 Å². The molecule has 3 heteroatoms. The van der Waals surface area contributed by atoms with Gasteiger partial charge in [0.05, 0.1) is 26.2 Å². The summed E-state index contributed by atoms with van der Waals surface area (Å²) < 4.78 is 10.5. The number of rotatable bonds is 4. The van der Waals surface area contributed by atoms with Crippen molar-refractivity contribution in [3.63, 3.8) is 0 Å². The lowest BCUT2D eigenvalue weighted by atomic mass is 10.1. The Morgan fingerprint density at radius 3 is 2.79 bits per heavy atom. The maximum atomic E-state index is 8.60. The van der Waals surface area contributed by atoms with Gasteiger partial charge in [-0.3, -0.25) is 0 Å². The summed E-state index contributed by atoms with van der Waals surface area (Å²) in [5, 5.41) is 8.60. The molecule has 0 unspecified atom stereocenters. The van der Waals surface area contributed by atoms with Crippen LogP contribution in [0.1, 0.15) is 12.5 Å². The van der Waals surface area contributed by atoms with Gasteiger partial charge in [0.1, 0.15) is 11.5 Å². The molecule has 0 amide bonds. The van der Waals surface area contributed by atoms with Crippen LogP contribution in [-0.2, 0) is 6.42 Å². The second kappa shape index (κ2) is 5.13. The summed E-state index contributed by atoms with van der Waals surface area (Å²) in [6.45, 7) is 2.50. The first-order chi connectivity index (χ1) is 6.81. The molecule has 0 aromatic heterocycles. The summed E-state index contributed by atoms with van der Waals surface area (Å²) in [6.07, 6.45) is 0.360. The van der Waals surface area contributed by atoms with Crippen molar-refractivity contribution in [1.82, 2.24) is 0 Å². The zero-order valence-corrected chi connectivity index (χ0v) is 8.41. The predicted molar refractivity (Wildman–Crippen MR) is 53.5 cm³/mol. The summed E-state index contributed by atoms with van der Waals surface area (Å²) in [6, 6.07) is 7.58. The molecule has 0 aliphatic carbocycles. The maximum absolute atomic E-state index is 8.60. The minimum atomic E-state index is 0.360. The van der Waals surface area contributed by atoms with Gasteiger partial charge in [0.2, 0.25) is 0 Å². The first-order valence-electron chi connectivity index (χ1n) is 4.48. The molecule has 0 heterocycles. The third kappa shape index (κ3) is 2.40. The Bertz CT molecular complexity index is 342. The van der Waals surface area contributed by atoms with Crippen molar-refractivity contribution in [1.29, 1.82) is 5.26 Å². The molecule has 0 fully saturated rings. The summed E-state index contributed by atoms with van der Waals surface area (Å²) in [5.41, 5.74) is 0.898. The van der Waals surface area contributed by atoms with Crippen LogP contribution in [0.25, 0.3) is 0 Å². The first kappa shape index (κ1) is 10.4. The Kier molecular flexibility index (Phi) is 3.81. The molecule has 0 radical (unpaired) electrons. The number of benzene rings is 1. The minimum absolute atomic E-state index is 0.360. The molecule has 1 aromatic carbocycles. The van der Waals surface area contributed by atoms with E-state index in [0.29, 0.717) is 13.0 Å². The summed E-state index contributed by atoms with van der Waals surface area (Å²) in [5.74, 6) is 1.48. The molecule has 0 saturated heterocycles. The van der Waals surface area contributed by atoms with E-state index in [1.807, 2.05) is 19.1 Å². The van der Waals surface area contributed by atoms with Crippen molar-refractivity contribution in [3.05, 3.63) is 23.8 Å². The molecule has 0 atom stereocenters. The molecule has 0 spiro atoms. The van der Waals surface area contributed by atoms with Gasteiger partial charge >= 0.3 is 0 Å². The second-order valence-electron chi connectivity index (χ2n) is 2.74. The van der Waals surface area contributed by atoms with Crippen LogP contribution < -0.4 is 9.47 Å². The molecular weight excluding hydrogens is 178 g/mol. The minimum Gasteiger partial charge on any atom is -0.497 e. The first-order valence-corrected chi connectivity index (χ1v) is 4.48. The van der Waals surface area contributed by atoms with Gasteiger partial charge in [0, 0.05) is 11.6 Å². The Hall–Kier alpha value is -1.69. The average Bonchev–Trinajstić information content (AvgIpc) is 2.21. The van der Waals surface area contributed by atoms with Crippen molar-refractivity contribution >= 4 is 0 Å². The molecule has 0 bridgehead atoms. The van der Waals surface area contributed by atoms with E-state index in [4.69, 9.17) is 14.7 Å². The topological polar surface area (TPSA) is 42.2 Å². The lowest BCUT2D eigenvalue weighted by Gasteiger charge is -2.09. The van der Waals surface area contributed by atoms with E-state index in [2.05, 4.69) is 6.07 Å². The molecule has 0 aliphatic rings. The molecule has 74 valence electrons. The van der Waals surface area contributed by atoms with Crippen LogP contribution in [0.5, 0.6) is 11.5 Å². The molecule has 1 rings (SSSR count). The predicted octanol–water partition coefficient (Wildman–Crippen LogP) is 2.16. The SMILES string of the molecule is CCOc1cc(OC)ccc1CC#N. The van der Waals surface area contributed by atoms with Gasteiger partial charge < -0.3 is 9.47 Å². The molecule has 0 saturated carbocycles. The highest BCUT2D eigenvalue weighted by molar-refractivity contribution is 5.41. The van der Waals surface area contributed by atoms with Gasteiger partial charge in [-0.05, 0) is 13.0 Å². The largest absolute Gasteiger partial charge is 0.497 e. The van der Waals surface area contributed by atoms with E-state index < -0.39 is 0 Å². The number of nitrogens with zero attached hydrogens (tertiary/aromatic N) is 1. The third-order valence-electron chi connectivity index (χ3n) is 1.84. The van der Waals surface area contributed by atoms with Gasteiger partial charge in [0.25, 0.3) is 0 Å². The standard InChI is InChI=1S/C11H13NO2/c1-3-14-11-8-10(13-2)5-4-9(11)6-7-12/h4-5,8H,3,6H2,1-2H3. The van der Waals surface area contributed by atoms with E-state index in [0.717, 1.165) is 17.1 Å². The highest BCUT2D eigenvalue weighted by Gasteiger charge is 2.04. The van der Waals surface area contributed by atoms with Crippen molar-refractivity contribution < 1.29 is 9.47 Å². The fourth-order valence-corrected chi connectivity index (χ4v) is 1.18. The number of hydrogen-bond donors (Lipinski definition) is 0. The van der Waals surface area contributed by atoms with E-state index >= 15 is 0 Å². The Balaban J connectivity index is 2.98. The van der Waals surface area contributed by atoms with Gasteiger partial charge in [-0.15, -0.1) is 0 Å². The lowest BCUT2D eigenvalue weighted by molar-refractivity contribution is 0.333. The number of hydrogen-bond acceptors (Lipinski definition) is 3. The van der Waals surface area contributed by atoms with Gasteiger partial charge in [-0.25, -0.2) is 0 Å². The Morgan fingerprint density at radius 1 is 1.43 bits per heavy atom. The summed E-state index contributed by atoms with van der Waals surface area (Å²) in [4.78, 5) is 0. The highest BCUT2D eigenvalue weighted by atomic mass is 16.5. The van der Waals surface area contributed by atoms with Crippen molar-refractivity contribution in [3.8, 4) is 17.6 Å². The second-order valence-corrected chi connectivity index (χ2v) is 2.74. The zero-order valence-electron chi connectivity index (χ0n) is 8.41. The Labute approximate surface area is 83.9 Å². The monoisotopic (exact) mass is 191 g/mol. The van der Waals surface area contributed by atoms with Crippen molar-refractivity contribution in [2.75, 3.05) is 13.7 Å². The quantitative estimate of drug-likeness (QED) is 0.732. The molecule has 1 aromatic rings. The number of nitriles is 1. The lowest BCUT2D eigenvalue weighted by Crippen LogP contribution is -1.97. The zero-order chi connectivity index (χ0) is 10.4. The van der Waals surface area contributed by atoms with Crippen LogP contribution in [0.4, 0.5) is 0 Å². The van der Waals surface area contributed by atoms with Crippen molar-refractivity contribution in [2.24, 2.45) is 0 Å². The third-order valence-corrected chi connectivity index (χ3v) is 1.84. The number of methoxy groups -OCH3 is 1. The van der Waals surface area contributed by atoms with Crippen LogP contribution in [0.15, 0.2) is 18.2 Å². The van der Waals surface area contributed by atoms with E-state index in [-0.39, 0.29) is 0 Å². The fraction of sp³-hybridized carbons (Fsp3) is 0.364. The highest BCUT2D eigenvalue weighted by Crippen LogP contribution is 2.24. The molecule has 0 aliphatic heterocycles. The van der Waals surface area contributed by atoms with E-state index in [9.17, 15) is 0 Å². The van der Waals surface area contributed by atoms with Crippen LogP contribution >= 0.6 is 0 Å². The molecule has 3 nitrogen and oxygen atoms in total. The molecule has 0 N–H and O–H groups in total. The smallest absolute Gasteiger partial charge is 0.127 e. The number of ether oxygens (including phenoxy) is 2. The molecular formula is C11H13NO2. The normalized spacial score (nSPS) is 9.21. The molecule has 14 heavy (non-hydrogen) atoms. The summed E-state index contributed by atoms with van der Waals surface area (Å²) >= 11 is 0. The van der Waals surface area contributed by atoms with Crippen LogP contribution in [-0.4, -0.2) is 13.7 Å². The van der Waals surface area contributed by atoms with Crippen molar-refractivity contribution in [2.45, 2.75) is 13.3 Å². The average molecular weight is 191 g/mol.